The van der Waals surface area contributed by atoms with Gasteiger partial charge in [0, 0.05) is 12.4 Å². The van der Waals surface area contributed by atoms with Gasteiger partial charge in [-0.2, -0.15) is 18.3 Å². The van der Waals surface area contributed by atoms with Gasteiger partial charge in [-0.25, -0.2) is 4.39 Å². The van der Waals surface area contributed by atoms with Crippen LogP contribution in [0.1, 0.15) is 11.1 Å². The second-order valence-electron chi connectivity index (χ2n) is 3.58. The van der Waals surface area contributed by atoms with E-state index in [1.807, 2.05) is 0 Å². The fourth-order valence-corrected chi connectivity index (χ4v) is 1.67. The molecule has 1 aromatic carbocycles. The molecule has 0 saturated carbocycles. The first-order chi connectivity index (χ1) is 7.32. The Hall–Kier alpha value is -1.59. The highest BCUT2D eigenvalue weighted by molar-refractivity contribution is 5.84. The molecular weight excluding hydrogens is 224 g/mol. The van der Waals surface area contributed by atoms with Gasteiger partial charge in [0.15, 0.2) is 0 Å². The molecule has 2 rings (SSSR count). The van der Waals surface area contributed by atoms with E-state index in [4.69, 9.17) is 0 Å². The molecule has 0 aliphatic carbocycles. The summed E-state index contributed by atoms with van der Waals surface area (Å²) in [6, 6.07) is 1.35. The Labute approximate surface area is 88.5 Å². The smallest absolute Gasteiger partial charge is 0.268 e. The van der Waals surface area contributed by atoms with Crippen molar-refractivity contribution in [2.45, 2.75) is 13.1 Å². The van der Waals surface area contributed by atoms with E-state index < -0.39 is 17.6 Å². The first kappa shape index (κ1) is 10.9. The standard InChI is InChI=1S/C10H8F4N2/c1-5-3-7-6(4-15-16(7)2)8(9(5)11)10(12,13)14/h3-4H,1-2H3. The number of aryl methyl sites for hydroxylation is 2. The van der Waals surface area contributed by atoms with Crippen LogP contribution in [-0.4, -0.2) is 9.78 Å². The van der Waals surface area contributed by atoms with Crippen molar-refractivity contribution in [1.82, 2.24) is 9.78 Å². The normalized spacial score (nSPS) is 12.4. The zero-order chi connectivity index (χ0) is 12.1. The third-order valence-corrected chi connectivity index (χ3v) is 2.46. The van der Waals surface area contributed by atoms with Crippen molar-refractivity contribution in [2.24, 2.45) is 7.05 Å². The van der Waals surface area contributed by atoms with E-state index in [0.29, 0.717) is 0 Å². The van der Waals surface area contributed by atoms with Crippen LogP contribution in [-0.2, 0) is 13.2 Å². The third kappa shape index (κ3) is 1.45. The predicted octanol–water partition coefficient (Wildman–Crippen LogP) is 3.04. The van der Waals surface area contributed by atoms with Crippen LogP contribution in [0.25, 0.3) is 10.9 Å². The fourth-order valence-electron chi connectivity index (χ4n) is 1.67. The van der Waals surface area contributed by atoms with Crippen LogP contribution < -0.4 is 0 Å². The average molecular weight is 232 g/mol. The number of halogens is 4. The minimum atomic E-state index is -4.71. The lowest BCUT2D eigenvalue weighted by Crippen LogP contribution is -2.10. The molecule has 0 amide bonds. The molecule has 0 saturated heterocycles. The van der Waals surface area contributed by atoms with Crippen LogP contribution in [0, 0.1) is 12.7 Å². The zero-order valence-electron chi connectivity index (χ0n) is 8.56. The number of benzene rings is 1. The summed E-state index contributed by atoms with van der Waals surface area (Å²) in [5, 5.41) is 3.49. The van der Waals surface area contributed by atoms with Gasteiger partial charge in [-0.15, -0.1) is 0 Å². The van der Waals surface area contributed by atoms with Gasteiger partial charge in [0.1, 0.15) is 11.4 Å². The molecule has 16 heavy (non-hydrogen) atoms. The molecule has 2 aromatic rings. The quantitative estimate of drug-likeness (QED) is 0.638. The van der Waals surface area contributed by atoms with Crippen LogP contribution in [0.5, 0.6) is 0 Å². The molecule has 2 nitrogen and oxygen atoms in total. The number of hydrogen-bond acceptors (Lipinski definition) is 1. The Balaban J connectivity index is 2.94. The molecule has 0 aliphatic rings. The van der Waals surface area contributed by atoms with Crippen LogP contribution in [0.4, 0.5) is 17.6 Å². The highest BCUT2D eigenvalue weighted by Crippen LogP contribution is 2.37. The molecule has 0 spiro atoms. The summed E-state index contributed by atoms with van der Waals surface area (Å²) in [7, 11) is 1.51. The van der Waals surface area contributed by atoms with Crippen molar-refractivity contribution in [1.29, 1.82) is 0 Å². The van der Waals surface area contributed by atoms with E-state index in [9.17, 15) is 17.6 Å². The lowest BCUT2D eigenvalue weighted by Gasteiger charge is -2.11. The highest BCUT2D eigenvalue weighted by atomic mass is 19.4. The fraction of sp³-hybridized carbons (Fsp3) is 0.300. The van der Waals surface area contributed by atoms with E-state index in [1.165, 1.54) is 24.7 Å². The lowest BCUT2D eigenvalue weighted by molar-refractivity contribution is -0.138. The van der Waals surface area contributed by atoms with E-state index in [-0.39, 0.29) is 16.5 Å². The van der Waals surface area contributed by atoms with Crippen molar-refractivity contribution in [3.63, 3.8) is 0 Å². The Morgan fingerprint density at radius 2 is 1.94 bits per heavy atom. The van der Waals surface area contributed by atoms with Gasteiger partial charge < -0.3 is 0 Å². The molecule has 0 aliphatic heterocycles. The molecule has 6 heteroatoms. The summed E-state index contributed by atoms with van der Waals surface area (Å²) in [4.78, 5) is 0. The second-order valence-corrected chi connectivity index (χ2v) is 3.58. The molecule has 0 bridgehead atoms. The number of aromatic nitrogens is 2. The van der Waals surface area contributed by atoms with Crippen molar-refractivity contribution in [2.75, 3.05) is 0 Å². The highest BCUT2D eigenvalue weighted by Gasteiger charge is 2.37. The molecule has 0 atom stereocenters. The molecule has 1 heterocycles. The summed E-state index contributed by atoms with van der Waals surface area (Å²) in [5.74, 6) is -1.23. The van der Waals surface area contributed by atoms with Crippen molar-refractivity contribution in [3.05, 3.63) is 29.2 Å². The van der Waals surface area contributed by atoms with Crippen molar-refractivity contribution >= 4 is 10.9 Å². The first-order valence-electron chi connectivity index (χ1n) is 4.50. The Bertz CT molecular complexity index is 554. The molecular formula is C10H8F4N2. The number of hydrogen-bond donors (Lipinski definition) is 0. The van der Waals surface area contributed by atoms with Gasteiger partial charge in [-0.05, 0) is 18.6 Å². The van der Waals surface area contributed by atoms with Crippen molar-refractivity contribution < 1.29 is 17.6 Å². The maximum absolute atomic E-state index is 13.5. The van der Waals surface area contributed by atoms with Crippen LogP contribution in [0.3, 0.4) is 0 Å². The van der Waals surface area contributed by atoms with Crippen LogP contribution >= 0.6 is 0 Å². The molecule has 0 fully saturated rings. The molecule has 86 valence electrons. The first-order valence-corrected chi connectivity index (χ1v) is 4.50. The summed E-state index contributed by atoms with van der Waals surface area (Å²) in [6.45, 7) is 1.30. The number of fused-ring (bicyclic) bond motifs is 1. The Morgan fingerprint density at radius 1 is 1.31 bits per heavy atom. The van der Waals surface area contributed by atoms with Gasteiger partial charge >= 0.3 is 6.18 Å². The Kier molecular flexibility index (Phi) is 2.18. The van der Waals surface area contributed by atoms with E-state index in [0.717, 1.165) is 6.20 Å². The van der Waals surface area contributed by atoms with E-state index in [1.54, 1.807) is 0 Å². The topological polar surface area (TPSA) is 17.8 Å². The average Bonchev–Trinajstić information content (AvgIpc) is 2.47. The van der Waals surface area contributed by atoms with Crippen LogP contribution in [0.2, 0.25) is 0 Å². The maximum atomic E-state index is 13.5. The molecule has 0 unspecified atom stereocenters. The van der Waals surface area contributed by atoms with E-state index >= 15 is 0 Å². The largest absolute Gasteiger partial charge is 0.419 e. The summed E-state index contributed by atoms with van der Waals surface area (Å²) < 4.78 is 52.8. The van der Waals surface area contributed by atoms with Gasteiger partial charge in [-0.3, -0.25) is 4.68 Å². The zero-order valence-corrected chi connectivity index (χ0v) is 8.56. The monoisotopic (exact) mass is 232 g/mol. The summed E-state index contributed by atoms with van der Waals surface area (Å²) in [6.07, 6.45) is -3.68. The third-order valence-electron chi connectivity index (χ3n) is 2.46. The number of nitrogens with zero attached hydrogens (tertiary/aromatic N) is 2. The predicted molar refractivity (Wildman–Crippen MR) is 50.4 cm³/mol. The lowest BCUT2D eigenvalue weighted by atomic mass is 10.1. The maximum Gasteiger partial charge on any atom is 0.419 e. The molecule has 0 N–H and O–H groups in total. The van der Waals surface area contributed by atoms with Crippen molar-refractivity contribution in [3.8, 4) is 0 Å². The SMILES string of the molecule is Cc1cc2c(cnn2C)c(C(F)(F)F)c1F. The molecule has 0 radical (unpaired) electrons. The minimum absolute atomic E-state index is 0.0385. The van der Waals surface area contributed by atoms with Gasteiger partial charge in [0.25, 0.3) is 0 Å². The Morgan fingerprint density at radius 3 is 2.50 bits per heavy atom. The van der Waals surface area contributed by atoms with E-state index in [2.05, 4.69) is 5.10 Å². The summed E-state index contributed by atoms with van der Waals surface area (Å²) in [5.41, 5.74) is -1.01. The van der Waals surface area contributed by atoms with Gasteiger partial charge in [0.05, 0.1) is 11.7 Å². The number of rotatable bonds is 0. The minimum Gasteiger partial charge on any atom is -0.268 e. The van der Waals surface area contributed by atoms with Gasteiger partial charge in [0.2, 0.25) is 0 Å². The van der Waals surface area contributed by atoms with Crippen LogP contribution in [0.15, 0.2) is 12.3 Å². The number of alkyl halides is 3. The second kappa shape index (κ2) is 3.20. The van der Waals surface area contributed by atoms with Gasteiger partial charge in [-0.1, -0.05) is 0 Å². The molecule has 1 aromatic heterocycles. The summed E-state index contributed by atoms with van der Waals surface area (Å²) >= 11 is 0.